The minimum Gasteiger partial charge on any atom is -0.403 e. The molecule has 3 rings (SSSR count). The monoisotopic (exact) mass is 265 g/mol. The fourth-order valence-electron chi connectivity index (χ4n) is 4.07. The summed E-state index contributed by atoms with van der Waals surface area (Å²) in [7, 11) is -0.0295. The maximum Gasteiger partial charge on any atom is 0.463 e. The van der Waals surface area contributed by atoms with Crippen molar-refractivity contribution in [1.29, 1.82) is 0 Å². The van der Waals surface area contributed by atoms with Crippen molar-refractivity contribution >= 4 is 7.12 Å². The van der Waals surface area contributed by atoms with Crippen LogP contribution in [0.1, 0.15) is 59.8 Å². The number of nitrogens with one attached hydrogen (secondary N) is 1. The number of hydrogen-bond donors (Lipinski definition) is 1. The van der Waals surface area contributed by atoms with Crippen molar-refractivity contribution in [2.45, 2.75) is 76.8 Å². The summed E-state index contributed by atoms with van der Waals surface area (Å²) in [5.74, 6) is 0.522. The van der Waals surface area contributed by atoms with E-state index >= 15 is 0 Å². The third kappa shape index (κ3) is 2.16. The van der Waals surface area contributed by atoms with E-state index in [4.69, 9.17) is 9.31 Å². The van der Waals surface area contributed by atoms with Crippen molar-refractivity contribution < 1.29 is 9.31 Å². The van der Waals surface area contributed by atoms with E-state index in [-0.39, 0.29) is 18.3 Å². The summed E-state index contributed by atoms with van der Waals surface area (Å²) in [4.78, 5) is 0. The van der Waals surface area contributed by atoms with Crippen LogP contribution >= 0.6 is 0 Å². The molecule has 3 nitrogen and oxygen atoms in total. The van der Waals surface area contributed by atoms with Gasteiger partial charge in [0.1, 0.15) is 0 Å². The first kappa shape index (κ1) is 13.9. The van der Waals surface area contributed by atoms with E-state index in [1.54, 1.807) is 0 Å². The van der Waals surface area contributed by atoms with Gasteiger partial charge in [-0.05, 0) is 52.5 Å². The minimum absolute atomic E-state index is 0.0295. The van der Waals surface area contributed by atoms with E-state index in [2.05, 4.69) is 33.0 Å². The molecule has 1 aliphatic carbocycles. The molecule has 0 aromatic carbocycles. The summed E-state index contributed by atoms with van der Waals surface area (Å²) < 4.78 is 12.6. The average molecular weight is 265 g/mol. The van der Waals surface area contributed by atoms with Gasteiger partial charge in [0.15, 0.2) is 0 Å². The third-order valence-electron chi connectivity index (χ3n) is 6.08. The first-order chi connectivity index (χ1) is 8.86. The smallest absolute Gasteiger partial charge is 0.403 e. The van der Waals surface area contributed by atoms with Crippen LogP contribution in [0, 0.1) is 5.41 Å². The minimum atomic E-state index is -0.198. The SMILES string of the molecule is CC1(C)OB(C2CNCC23CCCCC3)OC1(C)C. The predicted octanol–water partition coefficient (Wildman–Crippen LogP) is 3.00. The van der Waals surface area contributed by atoms with E-state index in [9.17, 15) is 0 Å². The van der Waals surface area contributed by atoms with E-state index in [0.717, 1.165) is 13.1 Å². The maximum atomic E-state index is 6.31. The zero-order chi connectivity index (χ0) is 13.7. The van der Waals surface area contributed by atoms with Gasteiger partial charge in [-0.1, -0.05) is 19.3 Å². The summed E-state index contributed by atoms with van der Waals surface area (Å²) in [6.45, 7) is 10.8. The van der Waals surface area contributed by atoms with Crippen LogP contribution in [0.4, 0.5) is 0 Å². The molecule has 0 aromatic rings. The molecule has 1 saturated carbocycles. The molecule has 0 aromatic heterocycles. The van der Waals surface area contributed by atoms with Crippen molar-refractivity contribution in [3.8, 4) is 0 Å². The van der Waals surface area contributed by atoms with Crippen LogP contribution in [-0.4, -0.2) is 31.4 Å². The van der Waals surface area contributed by atoms with E-state index in [0.29, 0.717) is 11.2 Å². The maximum absolute atomic E-state index is 6.31. The van der Waals surface area contributed by atoms with Gasteiger partial charge >= 0.3 is 7.12 Å². The van der Waals surface area contributed by atoms with Crippen molar-refractivity contribution in [3.63, 3.8) is 0 Å². The molecule has 0 amide bonds. The molecule has 1 atom stereocenters. The van der Waals surface area contributed by atoms with Crippen molar-refractivity contribution in [2.75, 3.05) is 13.1 Å². The molecule has 1 unspecified atom stereocenters. The largest absolute Gasteiger partial charge is 0.463 e. The first-order valence-electron chi connectivity index (χ1n) is 7.93. The molecule has 3 fully saturated rings. The quantitative estimate of drug-likeness (QED) is 0.739. The molecule has 2 heterocycles. The highest BCUT2D eigenvalue weighted by atomic mass is 16.7. The van der Waals surface area contributed by atoms with Gasteiger partial charge < -0.3 is 14.6 Å². The van der Waals surface area contributed by atoms with Crippen molar-refractivity contribution in [1.82, 2.24) is 5.32 Å². The Hall–Kier alpha value is -0.0551. The molecule has 0 radical (unpaired) electrons. The Morgan fingerprint density at radius 2 is 1.53 bits per heavy atom. The van der Waals surface area contributed by atoms with Crippen LogP contribution in [0.15, 0.2) is 0 Å². The zero-order valence-electron chi connectivity index (χ0n) is 12.9. The Morgan fingerprint density at radius 1 is 0.947 bits per heavy atom. The lowest BCUT2D eigenvalue weighted by Gasteiger charge is -2.38. The molecule has 3 aliphatic rings. The molecule has 4 heteroatoms. The van der Waals surface area contributed by atoms with Gasteiger partial charge in [-0.2, -0.15) is 0 Å². The predicted molar refractivity (Wildman–Crippen MR) is 78.2 cm³/mol. The lowest BCUT2D eigenvalue weighted by atomic mass is 9.54. The standard InChI is InChI=1S/C15H28BNO2/c1-13(2)14(3,4)19-16(18-13)12-10-17-11-15(12)8-6-5-7-9-15/h12,17H,5-11H2,1-4H3. The number of hydrogen-bond acceptors (Lipinski definition) is 3. The van der Waals surface area contributed by atoms with E-state index in [1.807, 2.05) is 0 Å². The van der Waals surface area contributed by atoms with Crippen molar-refractivity contribution in [3.05, 3.63) is 0 Å². The second kappa shape index (κ2) is 4.47. The van der Waals surface area contributed by atoms with Gasteiger partial charge in [0.2, 0.25) is 0 Å². The molecule has 1 spiro atoms. The summed E-state index contributed by atoms with van der Waals surface area (Å²) in [6.07, 6.45) is 6.83. The molecule has 19 heavy (non-hydrogen) atoms. The third-order valence-corrected chi connectivity index (χ3v) is 6.08. The Bertz CT molecular complexity index is 334. The topological polar surface area (TPSA) is 30.5 Å². The van der Waals surface area contributed by atoms with Crippen LogP contribution < -0.4 is 5.32 Å². The molecular weight excluding hydrogens is 237 g/mol. The summed E-state index contributed by atoms with van der Waals surface area (Å²) >= 11 is 0. The van der Waals surface area contributed by atoms with Gasteiger partial charge in [-0.3, -0.25) is 0 Å². The van der Waals surface area contributed by atoms with Gasteiger partial charge in [0.05, 0.1) is 11.2 Å². The lowest BCUT2D eigenvalue weighted by molar-refractivity contribution is 0.00578. The summed E-state index contributed by atoms with van der Waals surface area (Å²) in [6, 6.07) is 0. The highest BCUT2D eigenvalue weighted by Crippen LogP contribution is 2.52. The van der Waals surface area contributed by atoms with Crippen LogP contribution in [-0.2, 0) is 9.31 Å². The normalized spacial score (nSPS) is 36.0. The van der Waals surface area contributed by atoms with Gasteiger partial charge in [0, 0.05) is 12.4 Å². The second-order valence-corrected chi connectivity index (χ2v) is 7.79. The fraction of sp³-hybridized carbons (Fsp3) is 1.00. The Labute approximate surface area is 118 Å². The van der Waals surface area contributed by atoms with E-state index < -0.39 is 0 Å². The van der Waals surface area contributed by atoms with Gasteiger partial charge in [0.25, 0.3) is 0 Å². The summed E-state index contributed by atoms with van der Waals surface area (Å²) in [5, 5.41) is 3.60. The average Bonchev–Trinajstić information content (AvgIpc) is 2.80. The Balaban J connectivity index is 1.79. The lowest BCUT2D eigenvalue weighted by Crippen LogP contribution is -2.41. The van der Waals surface area contributed by atoms with Crippen LogP contribution in [0.3, 0.4) is 0 Å². The van der Waals surface area contributed by atoms with Crippen molar-refractivity contribution in [2.24, 2.45) is 5.41 Å². The second-order valence-electron chi connectivity index (χ2n) is 7.79. The molecule has 1 N–H and O–H groups in total. The zero-order valence-corrected chi connectivity index (χ0v) is 12.9. The Morgan fingerprint density at radius 3 is 2.11 bits per heavy atom. The molecule has 2 aliphatic heterocycles. The highest BCUT2D eigenvalue weighted by Gasteiger charge is 2.59. The molecule has 0 bridgehead atoms. The highest BCUT2D eigenvalue weighted by molar-refractivity contribution is 6.48. The van der Waals surface area contributed by atoms with Crippen LogP contribution in [0.25, 0.3) is 0 Å². The van der Waals surface area contributed by atoms with E-state index in [1.165, 1.54) is 32.1 Å². The Kier molecular flexibility index (Phi) is 3.27. The molecule has 2 saturated heterocycles. The molecule has 108 valence electrons. The molecular formula is C15H28BNO2. The summed E-state index contributed by atoms with van der Waals surface area (Å²) in [5.41, 5.74) is 0.0334. The fourth-order valence-corrected chi connectivity index (χ4v) is 4.07. The first-order valence-corrected chi connectivity index (χ1v) is 7.93. The van der Waals surface area contributed by atoms with Crippen LogP contribution in [0.2, 0.25) is 5.82 Å². The van der Waals surface area contributed by atoms with Gasteiger partial charge in [-0.25, -0.2) is 0 Å². The van der Waals surface area contributed by atoms with Gasteiger partial charge in [-0.15, -0.1) is 0 Å². The van der Waals surface area contributed by atoms with Crippen LogP contribution in [0.5, 0.6) is 0 Å². The number of rotatable bonds is 1.